The van der Waals surface area contributed by atoms with Gasteiger partial charge in [0.15, 0.2) is 0 Å². The first-order chi connectivity index (χ1) is 37.7. The minimum atomic E-state index is -3.78. The Labute approximate surface area is 486 Å². The first-order valence-corrected chi connectivity index (χ1v) is 30.8. The van der Waals surface area contributed by atoms with Gasteiger partial charge < -0.3 is 48.9 Å². The van der Waals surface area contributed by atoms with E-state index in [0.717, 1.165) is 41.5 Å². The van der Waals surface area contributed by atoms with Crippen LogP contribution in [0.15, 0.2) is 82.6 Å². The van der Waals surface area contributed by atoms with E-state index in [1.807, 2.05) is 40.3 Å². The molecule has 2 amide bonds. The fraction of sp³-hybridized carbons (Fsp3) is 0.527. The summed E-state index contributed by atoms with van der Waals surface area (Å²) in [4.78, 5) is 28.9. The quantitative estimate of drug-likeness (QED) is 0.0371. The number of halogens is 4. The molecular formula is C55H74Cl4N6O12S2. The van der Waals surface area contributed by atoms with Crippen molar-refractivity contribution in [3.63, 3.8) is 0 Å². The van der Waals surface area contributed by atoms with Gasteiger partial charge in [-0.3, -0.25) is 4.79 Å². The lowest BCUT2D eigenvalue weighted by atomic mass is 10.1. The molecule has 0 aromatic heterocycles. The van der Waals surface area contributed by atoms with E-state index in [0.29, 0.717) is 90.0 Å². The first kappa shape index (κ1) is 64.3. The number of fused-ring (bicyclic) bond motifs is 2. The number of ketones is 1. The predicted molar refractivity (Wildman–Crippen MR) is 307 cm³/mol. The second-order valence-electron chi connectivity index (χ2n) is 19.7. The van der Waals surface area contributed by atoms with Gasteiger partial charge in [-0.05, 0) is 144 Å². The molecule has 0 bridgehead atoms. The van der Waals surface area contributed by atoms with E-state index in [2.05, 4.69) is 25.2 Å². The van der Waals surface area contributed by atoms with Gasteiger partial charge in [-0.15, -0.1) is 0 Å². The van der Waals surface area contributed by atoms with E-state index in [-0.39, 0.29) is 98.6 Å². The third-order valence-corrected chi connectivity index (χ3v) is 18.0. The molecule has 0 saturated carbocycles. The zero-order valence-electron chi connectivity index (χ0n) is 45.4. The van der Waals surface area contributed by atoms with Crippen LogP contribution in [0.5, 0.6) is 11.5 Å². The molecule has 2 aliphatic carbocycles. The third-order valence-electron chi connectivity index (χ3n) is 13.6. The number of nitrogens with one attached hydrogen (secondary N) is 3. The average Bonchev–Trinajstić information content (AvgIpc) is 4.07. The highest BCUT2D eigenvalue weighted by molar-refractivity contribution is 7.89. The number of urea groups is 1. The molecule has 0 saturated heterocycles. The summed E-state index contributed by atoms with van der Waals surface area (Å²) in [5, 5.41) is 7.79. The second kappa shape index (κ2) is 31.6. The number of Topliss-reactive ketones (excluding diaryl/α,β-unsaturated/α-hetero) is 1. The van der Waals surface area contributed by atoms with Crippen molar-refractivity contribution in [1.82, 2.24) is 29.5 Å². The number of sulfonamides is 2. The first-order valence-electron chi connectivity index (χ1n) is 26.4. The summed E-state index contributed by atoms with van der Waals surface area (Å²) in [6.07, 6.45) is 4.48. The van der Waals surface area contributed by atoms with Crippen LogP contribution in [-0.2, 0) is 56.6 Å². The molecule has 0 radical (unpaired) electrons. The Morgan fingerprint density at radius 2 is 1.01 bits per heavy atom. The molecule has 6 rings (SSSR count). The van der Waals surface area contributed by atoms with Crippen LogP contribution in [0.25, 0.3) is 0 Å². The van der Waals surface area contributed by atoms with Gasteiger partial charge in [-0.25, -0.2) is 26.4 Å². The number of carbonyl (C=O) groups is 2. The number of nitrogens with zero attached hydrogens (tertiary/aromatic N) is 3. The van der Waals surface area contributed by atoms with Crippen LogP contribution in [0.4, 0.5) is 4.79 Å². The average molecular weight is 1220 g/mol. The molecule has 0 heterocycles. The van der Waals surface area contributed by atoms with E-state index < -0.39 is 20.0 Å². The number of ether oxygens (including phenoxy) is 6. The lowest BCUT2D eigenvalue weighted by Gasteiger charge is -2.27. The Bertz CT molecular complexity index is 2840. The van der Waals surface area contributed by atoms with Gasteiger partial charge in [0.2, 0.25) is 20.0 Å². The summed E-state index contributed by atoms with van der Waals surface area (Å²) in [7, 11) is 1.85. The molecule has 0 aliphatic heterocycles. The van der Waals surface area contributed by atoms with Gasteiger partial charge in [0.1, 0.15) is 29.5 Å². The van der Waals surface area contributed by atoms with E-state index >= 15 is 0 Å². The number of likely N-dealkylation sites (N-methyl/N-ethyl adjacent to an activating group) is 3. The Balaban J connectivity index is 0.703. The van der Waals surface area contributed by atoms with Gasteiger partial charge in [-0.1, -0.05) is 52.8 Å². The molecule has 24 heteroatoms. The van der Waals surface area contributed by atoms with Gasteiger partial charge in [0.25, 0.3) is 0 Å². The highest BCUT2D eigenvalue weighted by Gasteiger charge is 2.39. The molecule has 18 nitrogen and oxygen atoms in total. The summed E-state index contributed by atoms with van der Waals surface area (Å²) >= 11 is 25.6. The SMILES string of the molecule is CN(C)[C@H]1Cc2c(Cl)cc(Cl)cc2[C@@H]1Oc1ccc(S(=O)(=O)NCCOCCOCCCC(=O)CCCCCNC(=O)NCCOCCOCCN(C)S(=O)(=O)c2ccc(O[C@H]3c4cc(Cl)cc(Cl)c4C[C@@H]3N(C)C)cc2)cc1. The number of unbranched alkanes of at least 4 members (excludes halogenated alkanes) is 2. The number of hydrogen-bond donors (Lipinski definition) is 3. The minimum Gasteiger partial charge on any atom is -0.484 e. The van der Waals surface area contributed by atoms with Crippen LogP contribution in [0.3, 0.4) is 0 Å². The minimum absolute atomic E-state index is 0.0204. The van der Waals surface area contributed by atoms with Crippen LogP contribution >= 0.6 is 46.4 Å². The molecule has 79 heavy (non-hydrogen) atoms. The van der Waals surface area contributed by atoms with Crippen molar-refractivity contribution in [3.05, 3.63) is 115 Å². The molecule has 436 valence electrons. The maximum absolute atomic E-state index is 13.3. The highest BCUT2D eigenvalue weighted by atomic mass is 35.5. The van der Waals surface area contributed by atoms with Crippen LogP contribution in [0.1, 0.15) is 73.0 Å². The Morgan fingerprint density at radius 1 is 0.544 bits per heavy atom. The van der Waals surface area contributed by atoms with Crippen molar-refractivity contribution >= 4 is 78.3 Å². The molecule has 4 aromatic carbocycles. The molecule has 4 atom stereocenters. The van der Waals surface area contributed by atoms with Crippen molar-refractivity contribution in [3.8, 4) is 11.5 Å². The molecule has 3 N–H and O–H groups in total. The normalized spacial score (nSPS) is 17.1. The Morgan fingerprint density at radius 3 is 1.54 bits per heavy atom. The zero-order valence-corrected chi connectivity index (χ0v) is 50.1. The van der Waals surface area contributed by atoms with E-state index in [1.54, 1.807) is 36.4 Å². The van der Waals surface area contributed by atoms with Crippen molar-refractivity contribution < 1.29 is 54.8 Å². The predicted octanol–water partition coefficient (Wildman–Crippen LogP) is 8.39. The largest absolute Gasteiger partial charge is 0.484 e. The topological polar surface area (TPSA) is 204 Å². The van der Waals surface area contributed by atoms with E-state index in [4.69, 9.17) is 74.8 Å². The van der Waals surface area contributed by atoms with Gasteiger partial charge >= 0.3 is 6.03 Å². The summed E-state index contributed by atoms with van der Waals surface area (Å²) in [5.41, 5.74) is 3.82. The van der Waals surface area contributed by atoms with Crippen LogP contribution in [0, 0.1) is 0 Å². The van der Waals surface area contributed by atoms with Crippen LogP contribution < -0.4 is 24.8 Å². The maximum Gasteiger partial charge on any atom is 0.314 e. The summed E-state index contributed by atoms with van der Waals surface area (Å²) in [6, 6.07) is 19.5. The van der Waals surface area contributed by atoms with Crippen LogP contribution in [0.2, 0.25) is 20.1 Å². The lowest BCUT2D eigenvalue weighted by Crippen LogP contribution is -2.37. The third kappa shape index (κ3) is 19.4. The fourth-order valence-corrected chi connectivity index (χ4v) is 12.5. The molecule has 0 unspecified atom stereocenters. The van der Waals surface area contributed by atoms with Crippen molar-refractivity contribution in [2.24, 2.45) is 0 Å². The van der Waals surface area contributed by atoms with Gasteiger partial charge in [0, 0.05) is 83.9 Å². The van der Waals surface area contributed by atoms with Gasteiger partial charge in [-0.2, -0.15) is 4.31 Å². The van der Waals surface area contributed by atoms with Crippen molar-refractivity contribution in [1.29, 1.82) is 0 Å². The van der Waals surface area contributed by atoms with E-state index in [1.165, 1.54) is 35.6 Å². The molecule has 0 fully saturated rings. The fourth-order valence-electron chi connectivity index (χ4n) is 9.19. The number of carbonyl (C=O) groups excluding carboxylic acids is 2. The number of amides is 2. The summed E-state index contributed by atoms with van der Waals surface area (Å²) < 4.78 is 91.1. The van der Waals surface area contributed by atoms with Crippen LogP contribution in [-0.4, -0.2) is 169 Å². The molecule has 2 aliphatic rings. The number of benzene rings is 4. The Kier molecular flexibility index (Phi) is 25.7. The number of rotatable bonds is 35. The van der Waals surface area contributed by atoms with Crippen molar-refractivity contribution in [2.45, 2.75) is 85.4 Å². The standard InChI is InChI=1S/C55H74Cl4N6O12S2/c1-63(2)51-36-45-47(32-38(56)34-49(45)58)53(51)76-41-12-16-43(17-13-41)78(68,69)62-22-26-74-29-28-72-24-9-11-40(66)10-7-6-8-20-60-55(67)61-21-25-73-30-31-75-27-23-65(5)79(70,71)44-18-14-42(15-19-44)77-54-48-33-39(57)35-50(59)46(48)37-52(54)64(3)4/h12-19,32-35,51-54,62H,6-11,20-31,36-37H2,1-5H3,(H2,60,61,67)/t51-,52-,53-,54-/m0/s1. The smallest absolute Gasteiger partial charge is 0.314 e. The Hall–Kier alpha value is -3.84. The summed E-state index contributed by atoms with van der Waals surface area (Å²) in [5.74, 6) is 1.21. The highest BCUT2D eigenvalue weighted by Crippen LogP contribution is 2.44. The number of hydrogen-bond acceptors (Lipinski definition) is 14. The van der Waals surface area contributed by atoms with E-state index in [9.17, 15) is 26.4 Å². The van der Waals surface area contributed by atoms with Crippen molar-refractivity contribution in [2.75, 3.05) is 114 Å². The summed E-state index contributed by atoms with van der Waals surface area (Å²) in [6.45, 7) is 3.15. The molecule has 4 aromatic rings. The molecule has 0 spiro atoms. The lowest BCUT2D eigenvalue weighted by molar-refractivity contribution is -0.119. The van der Waals surface area contributed by atoms with Gasteiger partial charge in [0.05, 0.1) is 68.1 Å². The maximum atomic E-state index is 13.3. The monoisotopic (exact) mass is 1210 g/mol. The second-order valence-corrected chi connectivity index (χ2v) is 25.2. The zero-order chi connectivity index (χ0) is 57.1. The molecular weight excluding hydrogens is 1140 g/mol.